The number of imidazole rings is 2. The summed E-state index contributed by atoms with van der Waals surface area (Å²) >= 11 is 0. The minimum absolute atomic E-state index is 0.128. The Morgan fingerprint density at radius 2 is 1.11 bits per heavy atom. The number of hydrogen-bond acceptors (Lipinski definition) is 3. The smallest absolute Gasteiger partial charge is 0.123 e. The predicted octanol–water partition coefficient (Wildman–Crippen LogP) is 6.94. The summed E-state index contributed by atoms with van der Waals surface area (Å²) in [5, 5.41) is 0. The van der Waals surface area contributed by atoms with Crippen LogP contribution in [0.15, 0.2) is 85.7 Å². The molecule has 0 radical (unpaired) electrons. The molecule has 2 unspecified atom stereocenters. The zero-order chi connectivity index (χ0) is 25.7. The molecule has 0 aliphatic rings. The highest BCUT2D eigenvalue weighted by atomic mass is 19.1. The third-order valence-corrected chi connectivity index (χ3v) is 6.09. The lowest BCUT2D eigenvalue weighted by molar-refractivity contribution is 0.0312. The second-order valence-corrected chi connectivity index (χ2v) is 8.96. The second kappa shape index (κ2) is 14.0. The first kappa shape index (κ1) is 26.2. The summed E-state index contributed by atoms with van der Waals surface area (Å²) in [6, 6.07) is 13.3. The van der Waals surface area contributed by atoms with Crippen molar-refractivity contribution in [1.29, 1.82) is 0 Å². The van der Waals surface area contributed by atoms with Crippen molar-refractivity contribution in [2.45, 2.75) is 50.7 Å². The Labute approximate surface area is 216 Å². The molecule has 7 heteroatoms. The molecule has 2 aromatic carbocycles. The number of aromatic amines is 2. The molecule has 0 bridgehead atoms. The minimum Gasteiger partial charge on any atom is -0.367 e. The van der Waals surface area contributed by atoms with Crippen molar-refractivity contribution in [3.63, 3.8) is 0 Å². The first-order chi connectivity index (χ1) is 18.1. The highest BCUT2D eigenvalue weighted by Crippen LogP contribution is 2.18. The molecule has 2 N–H and O–H groups in total. The van der Waals surface area contributed by atoms with Gasteiger partial charge in [-0.2, -0.15) is 0 Å². The van der Waals surface area contributed by atoms with Gasteiger partial charge in [-0.1, -0.05) is 36.4 Å². The van der Waals surface area contributed by atoms with Crippen molar-refractivity contribution in [2.24, 2.45) is 0 Å². The lowest BCUT2D eigenvalue weighted by atomic mass is 10.0. The van der Waals surface area contributed by atoms with Crippen molar-refractivity contribution in [2.75, 3.05) is 0 Å². The van der Waals surface area contributed by atoms with E-state index >= 15 is 0 Å². The van der Waals surface area contributed by atoms with Crippen molar-refractivity contribution < 1.29 is 13.5 Å². The normalized spacial score (nSPS) is 13.5. The maximum absolute atomic E-state index is 13.3. The molecule has 0 fully saturated rings. The third kappa shape index (κ3) is 9.28. The van der Waals surface area contributed by atoms with Gasteiger partial charge in [-0.3, -0.25) is 0 Å². The first-order valence-corrected chi connectivity index (χ1v) is 12.6. The molecule has 2 heterocycles. The quantitative estimate of drug-likeness (QED) is 0.196. The van der Waals surface area contributed by atoms with E-state index in [9.17, 15) is 8.78 Å². The predicted molar refractivity (Wildman–Crippen MR) is 143 cm³/mol. The van der Waals surface area contributed by atoms with E-state index in [1.807, 2.05) is 48.8 Å². The highest BCUT2D eigenvalue weighted by molar-refractivity contribution is 5.44. The average Bonchev–Trinajstić information content (AvgIpc) is 3.62. The Balaban J connectivity index is 1.41. The van der Waals surface area contributed by atoms with Crippen LogP contribution in [-0.4, -0.2) is 32.1 Å². The summed E-state index contributed by atoms with van der Waals surface area (Å²) in [6.07, 6.45) is 19.8. The van der Waals surface area contributed by atoms with Crippen LogP contribution in [0.5, 0.6) is 0 Å². The van der Waals surface area contributed by atoms with Gasteiger partial charge in [0.1, 0.15) is 11.6 Å². The molecular weight excluding hydrogens is 470 g/mol. The van der Waals surface area contributed by atoms with Crippen LogP contribution in [-0.2, 0) is 17.6 Å². The van der Waals surface area contributed by atoms with Crippen molar-refractivity contribution in [1.82, 2.24) is 19.9 Å². The van der Waals surface area contributed by atoms with E-state index in [0.717, 1.165) is 61.0 Å². The Morgan fingerprint density at radius 3 is 1.49 bits per heavy atom. The van der Waals surface area contributed by atoms with E-state index in [2.05, 4.69) is 32.1 Å². The van der Waals surface area contributed by atoms with E-state index in [0.29, 0.717) is 0 Å². The van der Waals surface area contributed by atoms with Gasteiger partial charge in [-0.25, -0.2) is 18.7 Å². The molecule has 0 aliphatic carbocycles. The monoisotopic (exact) mass is 502 g/mol. The van der Waals surface area contributed by atoms with Gasteiger partial charge >= 0.3 is 0 Å². The fraction of sp³-hybridized carbons (Fsp3) is 0.267. The molecular formula is C30H32F2N4O. The minimum atomic E-state index is -0.223. The van der Waals surface area contributed by atoms with Gasteiger partial charge in [-0.15, -0.1) is 0 Å². The van der Waals surface area contributed by atoms with Crippen LogP contribution in [0.2, 0.25) is 0 Å². The summed E-state index contributed by atoms with van der Waals surface area (Å²) in [5.41, 5.74) is 3.88. The maximum atomic E-state index is 13.3. The fourth-order valence-corrected chi connectivity index (χ4v) is 4.10. The molecule has 0 aliphatic heterocycles. The molecule has 5 nitrogen and oxygen atoms in total. The summed E-state index contributed by atoms with van der Waals surface area (Å²) in [4.78, 5) is 14.5. The molecule has 0 saturated carbocycles. The number of nitrogens with one attached hydrogen (secondary N) is 2. The number of aryl methyl sites for hydroxylation is 2. The van der Waals surface area contributed by atoms with E-state index in [-0.39, 0.29) is 23.8 Å². The van der Waals surface area contributed by atoms with Crippen LogP contribution in [0.4, 0.5) is 8.78 Å². The highest BCUT2D eigenvalue weighted by Gasteiger charge is 2.14. The van der Waals surface area contributed by atoms with E-state index in [4.69, 9.17) is 4.74 Å². The van der Waals surface area contributed by atoms with Crippen LogP contribution in [0.1, 0.15) is 48.2 Å². The Hall–Kier alpha value is -3.84. The molecule has 37 heavy (non-hydrogen) atoms. The Kier molecular flexibility index (Phi) is 9.95. The number of rotatable bonds is 14. The molecule has 4 rings (SSSR count). The number of halogens is 2. The zero-order valence-corrected chi connectivity index (χ0v) is 20.7. The van der Waals surface area contributed by atoms with Crippen molar-refractivity contribution >= 4 is 12.2 Å². The molecule has 0 spiro atoms. The first-order valence-electron chi connectivity index (χ1n) is 12.6. The average molecular weight is 503 g/mol. The number of H-pyrrole nitrogens is 2. The Bertz CT molecular complexity index is 1120. The summed E-state index contributed by atoms with van der Waals surface area (Å²) < 4.78 is 33.1. The van der Waals surface area contributed by atoms with Crippen molar-refractivity contribution in [3.8, 4) is 0 Å². The van der Waals surface area contributed by atoms with Crippen LogP contribution in [0.25, 0.3) is 12.2 Å². The number of nitrogens with zero attached hydrogens (tertiary/aromatic N) is 2. The van der Waals surface area contributed by atoms with Gasteiger partial charge in [0.15, 0.2) is 0 Å². The summed E-state index contributed by atoms with van der Waals surface area (Å²) in [5.74, 6) is -0.446. The van der Waals surface area contributed by atoms with Gasteiger partial charge in [0.2, 0.25) is 0 Å². The lowest BCUT2D eigenvalue weighted by Crippen LogP contribution is -2.20. The van der Waals surface area contributed by atoms with Gasteiger partial charge < -0.3 is 14.7 Å². The van der Waals surface area contributed by atoms with Gasteiger partial charge in [0, 0.05) is 12.4 Å². The van der Waals surface area contributed by atoms with E-state index in [1.54, 1.807) is 12.7 Å². The second-order valence-electron chi connectivity index (χ2n) is 8.96. The maximum Gasteiger partial charge on any atom is 0.123 e. The number of aromatic nitrogens is 4. The number of ether oxygens (including phenoxy) is 1. The van der Waals surface area contributed by atoms with Crippen LogP contribution in [0, 0.1) is 11.6 Å². The summed E-state index contributed by atoms with van der Waals surface area (Å²) in [6.45, 7) is 0. The third-order valence-electron chi connectivity index (χ3n) is 6.09. The van der Waals surface area contributed by atoms with Crippen LogP contribution < -0.4 is 0 Å². The van der Waals surface area contributed by atoms with Crippen molar-refractivity contribution in [3.05, 3.63) is 120 Å². The SMILES string of the molecule is Fc1ccc(CCCC(C=Cc2c[nH]cn2)OC(C=Cc2c[nH]cn2)CCCc2ccc(F)cc2)cc1. The molecule has 0 saturated heterocycles. The van der Waals surface area contributed by atoms with E-state index in [1.165, 1.54) is 24.3 Å². The number of hydrogen-bond donors (Lipinski definition) is 2. The van der Waals surface area contributed by atoms with E-state index < -0.39 is 0 Å². The van der Waals surface area contributed by atoms with Crippen LogP contribution in [0.3, 0.4) is 0 Å². The summed E-state index contributed by atoms with van der Waals surface area (Å²) in [7, 11) is 0. The fourth-order valence-electron chi connectivity index (χ4n) is 4.10. The largest absolute Gasteiger partial charge is 0.367 e. The standard InChI is InChI=1S/C30H32F2N4O/c31-25-11-7-23(8-12-25)3-1-5-29(17-15-27-19-33-21-35-27)37-30(18-16-28-20-34-22-36-28)6-2-4-24-9-13-26(32)14-10-24/h7-22,29-30H,1-6H2,(H,33,35)(H,34,36). The van der Waals surface area contributed by atoms with Crippen LogP contribution >= 0.6 is 0 Å². The van der Waals surface area contributed by atoms with Gasteiger partial charge in [-0.05, 0) is 86.1 Å². The lowest BCUT2D eigenvalue weighted by Gasteiger charge is -2.21. The number of benzene rings is 2. The Morgan fingerprint density at radius 1 is 0.676 bits per heavy atom. The molecule has 0 amide bonds. The zero-order valence-electron chi connectivity index (χ0n) is 20.7. The molecule has 2 aromatic heterocycles. The molecule has 192 valence electrons. The van der Waals surface area contributed by atoms with Gasteiger partial charge in [0.05, 0.1) is 36.3 Å². The molecule has 4 aromatic rings. The molecule has 2 atom stereocenters. The van der Waals surface area contributed by atoms with Gasteiger partial charge in [0.25, 0.3) is 0 Å². The topological polar surface area (TPSA) is 66.6 Å².